The summed E-state index contributed by atoms with van der Waals surface area (Å²) in [6.07, 6.45) is 0.693. The molecule has 6 heteroatoms. The molecule has 6 nitrogen and oxygen atoms in total. The Balaban J connectivity index is 2.63. The quantitative estimate of drug-likeness (QED) is 0.587. The third kappa shape index (κ3) is 2.59. The monoisotopic (exact) mass is 216 g/mol. The Kier molecular flexibility index (Phi) is 3.52. The Bertz CT molecular complexity index is 269. The number of piperidine rings is 1. The van der Waals surface area contributed by atoms with Crippen LogP contribution in [0.25, 0.3) is 0 Å². The van der Waals surface area contributed by atoms with Crippen LogP contribution in [0.2, 0.25) is 0 Å². The van der Waals surface area contributed by atoms with Crippen molar-refractivity contribution < 1.29 is 19.8 Å². The zero-order chi connectivity index (χ0) is 11.5. The third-order valence-corrected chi connectivity index (χ3v) is 2.48. The van der Waals surface area contributed by atoms with E-state index in [9.17, 15) is 14.7 Å². The molecule has 1 fully saturated rings. The number of urea groups is 1. The maximum atomic E-state index is 11.4. The zero-order valence-electron chi connectivity index (χ0n) is 8.69. The standard InChI is InChI=1S/C9H16N2O4/c1-2-10-8(14)11-5-3-4-9(15,6-11)7(12)13/h15H,2-6H2,1H3,(H,10,14)(H,12,13). The number of amides is 2. The van der Waals surface area contributed by atoms with E-state index >= 15 is 0 Å². The van der Waals surface area contributed by atoms with Gasteiger partial charge in [0.1, 0.15) is 0 Å². The molecule has 3 N–H and O–H groups in total. The van der Waals surface area contributed by atoms with Gasteiger partial charge in [-0.15, -0.1) is 0 Å². The predicted octanol–water partition coefficient (Wildman–Crippen LogP) is -0.373. The summed E-state index contributed by atoms with van der Waals surface area (Å²) in [4.78, 5) is 23.5. The first kappa shape index (κ1) is 11.8. The molecule has 1 aliphatic heterocycles. The van der Waals surface area contributed by atoms with Crippen LogP contribution in [0.3, 0.4) is 0 Å². The van der Waals surface area contributed by atoms with Gasteiger partial charge in [-0.3, -0.25) is 0 Å². The number of carboxylic acid groups (broad SMARTS) is 1. The molecular formula is C9H16N2O4. The van der Waals surface area contributed by atoms with Crippen LogP contribution in [0.4, 0.5) is 4.79 Å². The second kappa shape index (κ2) is 4.48. The Morgan fingerprint density at radius 2 is 2.20 bits per heavy atom. The minimum Gasteiger partial charge on any atom is -0.479 e. The molecule has 0 spiro atoms. The lowest BCUT2D eigenvalue weighted by atomic mass is 9.93. The fraction of sp³-hybridized carbons (Fsp3) is 0.778. The Morgan fingerprint density at radius 1 is 1.53 bits per heavy atom. The topological polar surface area (TPSA) is 89.9 Å². The molecule has 0 aliphatic carbocycles. The van der Waals surface area contributed by atoms with E-state index in [-0.39, 0.29) is 19.0 Å². The van der Waals surface area contributed by atoms with Crippen molar-refractivity contribution >= 4 is 12.0 Å². The van der Waals surface area contributed by atoms with Gasteiger partial charge >= 0.3 is 12.0 Å². The molecular weight excluding hydrogens is 200 g/mol. The van der Waals surface area contributed by atoms with Gasteiger partial charge in [-0.1, -0.05) is 0 Å². The van der Waals surface area contributed by atoms with Crippen LogP contribution in [0.15, 0.2) is 0 Å². The molecule has 0 aromatic heterocycles. The smallest absolute Gasteiger partial charge is 0.337 e. The summed E-state index contributed by atoms with van der Waals surface area (Å²) in [6, 6.07) is -0.322. The number of aliphatic carboxylic acids is 1. The van der Waals surface area contributed by atoms with Crippen molar-refractivity contribution in [3.05, 3.63) is 0 Å². The number of aliphatic hydroxyl groups is 1. The number of likely N-dealkylation sites (tertiary alicyclic amines) is 1. The van der Waals surface area contributed by atoms with E-state index < -0.39 is 11.6 Å². The van der Waals surface area contributed by atoms with Gasteiger partial charge in [0.05, 0.1) is 6.54 Å². The number of carbonyl (C=O) groups excluding carboxylic acids is 1. The zero-order valence-corrected chi connectivity index (χ0v) is 8.69. The molecule has 1 saturated heterocycles. The summed E-state index contributed by atoms with van der Waals surface area (Å²) in [5.74, 6) is -1.27. The summed E-state index contributed by atoms with van der Waals surface area (Å²) in [6.45, 7) is 2.61. The summed E-state index contributed by atoms with van der Waals surface area (Å²) in [5.41, 5.74) is -1.79. The molecule has 1 rings (SSSR count). The van der Waals surface area contributed by atoms with Crippen LogP contribution in [0.1, 0.15) is 19.8 Å². The number of β-amino-alcohol motifs (C(OH)–C–C–N with tert-alkyl or cyclic N) is 1. The molecule has 2 amide bonds. The maximum Gasteiger partial charge on any atom is 0.337 e. The van der Waals surface area contributed by atoms with Crippen molar-refractivity contribution in [1.82, 2.24) is 10.2 Å². The second-order valence-electron chi connectivity index (χ2n) is 3.70. The van der Waals surface area contributed by atoms with Crippen molar-refractivity contribution in [2.24, 2.45) is 0 Å². The highest BCUT2D eigenvalue weighted by Crippen LogP contribution is 2.21. The molecule has 15 heavy (non-hydrogen) atoms. The number of carboxylic acids is 1. The van der Waals surface area contributed by atoms with Gasteiger partial charge in [0.15, 0.2) is 5.60 Å². The van der Waals surface area contributed by atoms with Gasteiger partial charge in [0, 0.05) is 13.1 Å². The highest BCUT2D eigenvalue weighted by Gasteiger charge is 2.41. The van der Waals surface area contributed by atoms with E-state index in [4.69, 9.17) is 5.11 Å². The maximum absolute atomic E-state index is 11.4. The van der Waals surface area contributed by atoms with Crippen LogP contribution < -0.4 is 5.32 Å². The summed E-state index contributed by atoms with van der Waals surface area (Å²) in [5, 5.41) is 21.1. The molecule has 0 aromatic carbocycles. The van der Waals surface area contributed by atoms with Gasteiger partial charge in [-0.25, -0.2) is 9.59 Å². The average Bonchev–Trinajstić information content (AvgIpc) is 2.18. The lowest BCUT2D eigenvalue weighted by Crippen LogP contribution is -2.56. The fourth-order valence-corrected chi connectivity index (χ4v) is 1.65. The van der Waals surface area contributed by atoms with E-state index in [1.807, 2.05) is 0 Å². The Morgan fingerprint density at radius 3 is 2.73 bits per heavy atom. The van der Waals surface area contributed by atoms with Gasteiger partial charge in [0.2, 0.25) is 0 Å². The second-order valence-corrected chi connectivity index (χ2v) is 3.70. The fourth-order valence-electron chi connectivity index (χ4n) is 1.65. The molecule has 1 heterocycles. The minimum atomic E-state index is -1.79. The first-order valence-electron chi connectivity index (χ1n) is 4.98. The number of rotatable bonds is 2. The van der Waals surface area contributed by atoms with Gasteiger partial charge in [-0.2, -0.15) is 0 Å². The SMILES string of the molecule is CCNC(=O)N1CCCC(O)(C(=O)O)C1. The normalized spacial score (nSPS) is 26.1. The van der Waals surface area contributed by atoms with Crippen molar-refractivity contribution in [2.45, 2.75) is 25.4 Å². The van der Waals surface area contributed by atoms with E-state index in [1.165, 1.54) is 4.90 Å². The lowest BCUT2D eigenvalue weighted by molar-refractivity contribution is -0.162. The lowest BCUT2D eigenvalue weighted by Gasteiger charge is -2.36. The molecule has 1 unspecified atom stereocenters. The van der Waals surface area contributed by atoms with Crippen LogP contribution in [-0.2, 0) is 4.79 Å². The number of nitrogens with one attached hydrogen (secondary N) is 1. The Labute approximate surface area is 87.9 Å². The largest absolute Gasteiger partial charge is 0.479 e. The van der Waals surface area contributed by atoms with Crippen molar-refractivity contribution in [3.8, 4) is 0 Å². The Hall–Kier alpha value is -1.30. The van der Waals surface area contributed by atoms with E-state index in [0.717, 1.165) is 0 Å². The first-order valence-corrected chi connectivity index (χ1v) is 4.98. The molecule has 0 aromatic rings. The molecule has 0 radical (unpaired) electrons. The van der Waals surface area contributed by atoms with E-state index in [0.29, 0.717) is 19.5 Å². The predicted molar refractivity (Wildman–Crippen MR) is 52.5 cm³/mol. The van der Waals surface area contributed by atoms with Crippen LogP contribution in [0.5, 0.6) is 0 Å². The first-order chi connectivity index (χ1) is 6.99. The average molecular weight is 216 g/mol. The summed E-state index contributed by atoms with van der Waals surface area (Å²) >= 11 is 0. The summed E-state index contributed by atoms with van der Waals surface area (Å²) in [7, 11) is 0. The minimum absolute atomic E-state index is 0.145. The molecule has 1 atom stereocenters. The number of hydrogen-bond donors (Lipinski definition) is 3. The van der Waals surface area contributed by atoms with E-state index in [2.05, 4.69) is 5.32 Å². The number of nitrogens with zero attached hydrogens (tertiary/aromatic N) is 1. The third-order valence-electron chi connectivity index (χ3n) is 2.48. The van der Waals surface area contributed by atoms with Gasteiger partial charge < -0.3 is 20.4 Å². The highest BCUT2D eigenvalue weighted by atomic mass is 16.4. The number of hydrogen-bond acceptors (Lipinski definition) is 3. The molecule has 1 aliphatic rings. The van der Waals surface area contributed by atoms with E-state index in [1.54, 1.807) is 6.92 Å². The number of carbonyl (C=O) groups is 2. The van der Waals surface area contributed by atoms with Gasteiger partial charge in [0.25, 0.3) is 0 Å². The van der Waals surface area contributed by atoms with Crippen LogP contribution in [0, 0.1) is 0 Å². The van der Waals surface area contributed by atoms with Gasteiger partial charge in [-0.05, 0) is 19.8 Å². The molecule has 0 bridgehead atoms. The van der Waals surface area contributed by atoms with Crippen molar-refractivity contribution in [2.75, 3.05) is 19.6 Å². The van der Waals surface area contributed by atoms with Crippen LogP contribution >= 0.6 is 0 Å². The highest BCUT2D eigenvalue weighted by molar-refractivity contribution is 5.80. The van der Waals surface area contributed by atoms with Crippen molar-refractivity contribution in [1.29, 1.82) is 0 Å². The van der Waals surface area contributed by atoms with Crippen molar-refractivity contribution in [3.63, 3.8) is 0 Å². The molecule has 86 valence electrons. The molecule has 0 saturated carbocycles. The van der Waals surface area contributed by atoms with Crippen LogP contribution in [-0.4, -0.2) is 52.3 Å². The summed E-state index contributed by atoms with van der Waals surface area (Å²) < 4.78 is 0.